The van der Waals surface area contributed by atoms with Gasteiger partial charge in [0.25, 0.3) is 0 Å². The molecule has 28 rings (SSSR count). The second-order valence-corrected chi connectivity index (χ2v) is 37.7. The smallest absolute Gasteiger partial charge is 0.0165 e. The van der Waals surface area contributed by atoms with Gasteiger partial charge in [-0.15, -0.1) is 0 Å². The fourth-order valence-corrected chi connectivity index (χ4v) is 23.5. The molecule has 24 aromatic carbocycles. The van der Waals surface area contributed by atoms with E-state index >= 15 is 0 Å². The molecule has 0 saturated carbocycles. The Labute approximate surface area is 831 Å². The minimum Gasteiger partial charge on any atom is -0.0683 e. The van der Waals surface area contributed by atoms with Gasteiger partial charge >= 0.3 is 0 Å². The summed E-state index contributed by atoms with van der Waals surface area (Å²) in [5.74, 6) is 0. The fourth-order valence-electron chi connectivity index (χ4n) is 23.5. The Morgan fingerprint density at radius 3 is 0.757 bits per heavy atom. The second kappa shape index (κ2) is 40.1. The summed E-state index contributed by atoms with van der Waals surface area (Å²) >= 11 is 0. The number of rotatable bonds is 0. The van der Waals surface area contributed by atoms with Crippen molar-refractivity contribution in [2.75, 3.05) is 0 Å². The SMILES string of the molecule is CC.CC.CC.CC.CC.CC.CC.CC.CC1(C)c2cc3c(ccc4ccccc43)cc2-c2ccc3cc4ccccc4cc3c21.CC1(C)c2cc3ccc4ccccc4c3cc2-c2ccc3cc4ccccc4cc3c21.CC1(C)c2ccc3c(ccc4ccccc43)c2-c2ccc3cc4ccccc4cc3c21.CC1(C)c2ccc3ccc4ccccc4c3c2-c2ccc3cc4ccccc4cc3c21. The Kier molecular flexibility index (Phi) is 27.8. The zero-order valence-corrected chi connectivity index (χ0v) is 87.0. The molecule has 0 aromatic heterocycles. The maximum Gasteiger partial charge on any atom is 0.0165 e. The van der Waals surface area contributed by atoms with E-state index in [9.17, 15) is 0 Å². The van der Waals surface area contributed by atoms with Gasteiger partial charge in [-0.1, -0.05) is 482 Å². The zero-order valence-electron chi connectivity index (χ0n) is 87.0. The zero-order chi connectivity index (χ0) is 99.0. The van der Waals surface area contributed by atoms with Gasteiger partial charge in [-0.2, -0.15) is 0 Å². The predicted molar refractivity (Wildman–Crippen MR) is 627 cm³/mol. The van der Waals surface area contributed by atoms with Crippen LogP contribution in [0.25, 0.3) is 217 Å². The van der Waals surface area contributed by atoms with Gasteiger partial charge in [0.1, 0.15) is 0 Å². The molecule has 0 unspecified atom stereocenters. The van der Waals surface area contributed by atoms with Crippen LogP contribution in [0, 0.1) is 0 Å². The summed E-state index contributed by atoms with van der Waals surface area (Å²) in [7, 11) is 0. The maximum atomic E-state index is 2.46. The third-order valence-electron chi connectivity index (χ3n) is 29.5. The summed E-state index contributed by atoms with van der Waals surface area (Å²) in [5.41, 5.74) is 22.6. The molecule has 0 N–H and O–H groups in total. The lowest BCUT2D eigenvalue weighted by atomic mass is 9.79. The molecule has 0 heteroatoms. The monoisotopic (exact) mass is 1820 g/mol. The number of hydrogen-bond acceptors (Lipinski definition) is 0. The lowest BCUT2D eigenvalue weighted by Crippen LogP contribution is -2.15. The molecule has 0 atom stereocenters. The Balaban J connectivity index is 0.000000123. The van der Waals surface area contributed by atoms with Crippen molar-refractivity contribution in [1.29, 1.82) is 0 Å². The van der Waals surface area contributed by atoms with Crippen LogP contribution in [0.2, 0.25) is 0 Å². The van der Waals surface area contributed by atoms with E-state index in [2.05, 4.69) is 444 Å². The summed E-state index contributed by atoms with van der Waals surface area (Å²) in [4.78, 5) is 0. The van der Waals surface area contributed by atoms with E-state index < -0.39 is 0 Å². The number of benzene rings is 24. The van der Waals surface area contributed by atoms with Crippen molar-refractivity contribution in [1.82, 2.24) is 0 Å². The van der Waals surface area contributed by atoms with Crippen LogP contribution >= 0.6 is 0 Å². The molecule has 0 radical (unpaired) electrons. The van der Waals surface area contributed by atoms with Gasteiger partial charge in [-0.25, -0.2) is 0 Å². The van der Waals surface area contributed by atoms with Crippen molar-refractivity contribution in [2.45, 2.75) is 188 Å². The second-order valence-electron chi connectivity index (χ2n) is 37.7. The quantitative estimate of drug-likeness (QED) is 0.105. The molecule has 0 heterocycles. The van der Waals surface area contributed by atoms with Gasteiger partial charge < -0.3 is 0 Å². The van der Waals surface area contributed by atoms with E-state index in [1.807, 2.05) is 111 Å². The first-order chi connectivity index (χ1) is 68.5. The van der Waals surface area contributed by atoms with Crippen LogP contribution in [-0.4, -0.2) is 0 Å². The first kappa shape index (κ1) is 97.1. The molecule has 4 aliphatic carbocycles. The van der Waals surface area contributed by atoms with Crippen LogP contribution in [0.15, 0.2) is 388 Å². The van der Waals surface area contributed by atoms with Crippen molar-refractivity contribution >= 4 is 172 Å². The van der Waals surface area contributed by atoms with E-state index in [0.29, 0.717) is 0 Å². The molecule has 0 nitrogen and oxygen atoms in total. The van der Waals surface area contributed by atoms with E-state index in [4.69, 9.17) is 0 Å². The van der Waals surface area contributed by atoms with E-state index in [1.54, 1.807) is 0 Å². The minimum absolute atomic E-state index is 0.0352. The largest absolute Gasteiger partial charge is 0.0683 e. The fraction of sp³-hybridized carbons (Fsp3) is 0.200. The first-order valence-electron chi connectivity index (χ1n) is 52.2. The number of fused-ring (bicyclic) bond motifs is 38. The first-order valence-corrected chi connectivity index (χ1v) is 52.2. The van der Waals surface area contributed by atoms with Crippen molar-refractivity contribution < 1.29 is 0 Å². The van der Waals surface area contributed by atoms with Gasteiger partial charge in [-0.05, 0) is 334 Å². The van der Waals surface area contributed by atoms with Gasteiger partial charge in [0.2, 0.25) is 0 Å². The van der Waals surface area contributed by atoms with Crippen LogP contribution in [0.1, 0.15) is 211 Å². The van der Waals surface area contributed by atoms with Crippen LogP contribution in [0.4, 0.5) is 0 Å². The molecule has 140 heavy (non-hydrogen) atoms. The maximum absolute atomic E-state index is 2.46. The number of hydrogen-bond donors (Lipinski definition) is 0. The van der Waals surface area contributed by atoms with Crippen molar-refractivity contribution in [3.05, 3.63) is 433 Å². The van der Waals surface area contributed by atoms with Crippen LogP contribution in [-0.2, 0) is 21.7 Å². The Morgan fingerprint density at radius 2 is 0.357 bits per heavy atom. The molecule has 0 saturated heterocycles. The summed E-state index contributed by atoms with van der Waals surface area (Å²) < 4.78 is 0. The summed E-state index contributed by atoms with van der Waals surface area (Å²) in [5, 5.41) is 42.6. The van der Waals surface area contributed by atoms with Gasteiger partial charge in [0, 0.05) is 21.7 Å². The Hall–Kier alpha value is -14.6. The van der Waals surface area contributed by atoms with E-state index in [0.717, 1.165) is 0 Å². The van der Waals surface area contributed by atoms with Crippen LogP contribution in [0.3, 0.4) is 0 Å². The predicted octanol–water partition coefficient (Wildman–Crippen LogP) is 42.6. The van der Waals surface area contributed by atoms with Gasteiger partial charge in [0.15, 0.2) is 0 Å². The van der Waals surface area contributed by atoms with Crippen molar-refractivity contribution in [3.8, 4) is 44.5 Å². The van der Waals surface area contributed by atoms with Crippen LogP contribution < -0.4 is 0 Å². The van der Waals surface area contributed by atoms with Crippen LogP contribution in [0.5, 0.6) is 0 Å². The molecular weight excluding hydrogens is 1680 g/mol. The van der Waals surface area contributed by atoms with Crippen molar-refractivity contribution in [3.63, 3.8) is 0 Å². The lowest BCUT2D eigenvalue weighted by Gasteiger charge is -2.24. The highest BCUT2D eigenvalue weighted by atomic mass is 14.5. The summed E-state index contributed by atoms with van der Waals surface area (Å²) in [6, 6.07) is 145. The van der Waals surface area contributed by atoms with E-state index in [-0.39, 0.29) is 21.7 Å². The Morgan fingerprint density at radius 1 is 0.121 bits per heavy atom. The summed E-state index contributed by atoms with van der Waals surface area (Å²) in [6.07, 6.45) is 0. The Bertz CT molecular complexity index is 8800. The highest BCUT2D eigenvalue weighted by Gasteiger charge is 2.42. The molecule has 0 fully saturated rings. The molecule has 0 spiro atoms. The average molecular weight is 1820 g/mol. The standard InChI is InChI=1S/4C31H22.8C2H6/c1-31(2)28-16-15-24-23-10-6-5-7-19(23)11-13-25(24)29(28)26-14-12-22-17-20-8-3-4-9-21(20)18-27(22)30(26)31;1-31(2)27-16-14-20-12-11-19-7-5-6-10-24(19)28(20)29(27)25-15-13-23-17-21-8-3-4-9-22(21)18-26(23)30(25)31;1-31(2)29-17-23-12-11-19-7-5-6-10-24(19)26(23)18-28(29)25-14-13-22-15-20-8-3-4-9-21(20)16-27(22)30(25)31;1-31(2)29-18-26-23(12-11-19-7-5-6-10-24(19)26)17-28(29)25-14-13-22-15-20-8-3-4-9-21(20)16-27(22)30(25)31;8*1-2/h4*3-18H,1-2H3;8*1-2H3. The normalized spacial score (nSPS) is 13.1. The van der Waals surface area contributed by atoms with Gasteiger partial charge in [0.05, 0.1) is 0 Å². The molecular formula is C140H136. The molecule has 0 bridgehead atoms. The molecule has 0 aliphatic heterocycles. The molecule has 696 valence electrons. The highest BCUT2D eigenvalue weighted by Crippen LogP contribution is 2.60. The summed E-state index contributed by atoms with van der Waals surface area (Å²) in [6.45, 7) is 51.1. The van der Waals surface area contributed by atoms with E-state index in [1.165, 1.54) is 261 Å². The topological polar surface area (TPSA) is 0 Å². The molecule has 4 aliphatic rings. The minimum atomic E-state index is -0.0439. The lowest BCUT2D eigenvalue weighted by molar-refractivity contribution is 0.666. The third kappa shape index (κ3) is 16.1. The molecule has 0 amide bonds. The van der Waals surface area contributed by atoms with Gasteiger partial charge in [-0.3, -0.25) is 0 Å². The average Bonchev–Trinajstić information content (AvgIpc) is 1.55. The highest BCUT2D eigenvalue weighted by molar-refractivity contribution is 6.21. The third-order valence-corrected chi connectivity index (χ3v) is 29.5. The van der Waals surface area contributed by atoms with Crippen molar-refractivity contribution in [2.24, 2.45) is 0 Å². The molecule has 24 aromatic rings.